The zero-order valence-corrected chi connectivity index (χ0v) is 17.3. The van der Waals surface area contributed by atoms with Crippen LogP contribution >= 0.6 is 0 Å². The van der Waals surface area contributed by atoms with Crippen LogP contribution in [0.25, 0.3) is 6.08 Å². The third kappa shape index (κ3) is 5.33. The quantitative estimate of drug-likeness (QED) is 0.788. The molecule has 0 fully saturated rings. The molecule has 5 heteroatoms. The summed E-state index contributed by atoms with van der Waals surface area (Å²) in [7, 11) is 4.05. The van der Waals surface area contributed by atoms with Gasteiger partial charge in [-0.2, -0.15) is 0 Å². The molecule has 1 heterocycles. The molecule has 0 spiro atoms. The zero-order chi connectivity index (χ0) is 20.8. The lowest BCUT2D eigenvalue weighted by Gasteiger charge is -2.32. The van der Waals surface area contributed by atoms with Crippen molar-refractivity contribution in [1.82, 2.24) is 15.1 Å². The third-order valence-corrected chi connectivity index (χ3v) is 5.43. The second-order valence-corrected chi connectivity index (χ2v) is 7.70. The summed E-state index contributed by atoms with van der Waals surface area (Å²) in [5.41, 5.74) is 3.31. The monoisotopic (exact) mass is 391 g/mol. The predicted octanol–water partition coefficient (Wildman–Crippen LogP) is 3.24. The first-order valence-electron chi connectivity index (χ1n) is 9.99. The first-order valence-corrected chi connectivity index (χ1v) is 9.99. The van der Waals surface area contributed by atoms with Gasteiger partial charge in [0.2, 0.25) is 11.8 Å². The van der Waals surface area contributed by atoms with Gasteiger partial charge in [0.1, 0.15) is 0 Å². The number of carbonyl (C=O) groups excluding carboxylic acids is 2. The van der Waals surface area contributed by atoms with Gasteiger partial charge in [0.15, 0.2) is 0 Å². The smallest absolute Gasteiger partial charge is 0.223 e. The summed E-state index contributed by atoms with van der Waals surface area (Å²) in [6.45, 7) is 2.09. The highest BCUT2D eigenvalue weighted by atomic mass is 16.2. The van der Waals surface area contributed by atoms with E-state index in [9.17, 15) is 9.59 Å². The van der Waals surface area contributed by atoms with Crippen LogP contribution in [0.1, 0.15) is 36.1 Å². The number of carbonyl (C=O) groups is 2. The van der Waals surface area contributed by atoms with E-state index in [4.69, 9.17) is 0 Å². The predicted molar refractivity (Wildman–Crippen MR) is 116 cm³/mol. The highest BCUT2D eigenvalue weighted by Crippen LogP contribution is 2.32. The van der Waals surface area contributed by atoms with Crippen LogP contribution in [0.15, 0.2) is 60.8 Å². The molecule has 1 aliphatic heterocycles. The van der Waals surface area contributed by atoms with Crippen LogP contribution in [-0.2, 0) is 16.0 Å². The van der Waals surface area contributed by atoms with Gasteiger partial charge in [-0.3, -0.25) is 9.59 Å². The highest BCUT2D eigenvalue weighted by molar-refractivity contribution is 5.81. The van der Waals surface area contributed by atoms with Crippen molar-refractivity contribution in [1.29, 1.82) is 0 Å². The van der Waals surface area contributed by atoms with Crippen LogP contribution in [-0.4, -0.2) is 48.3 Å². The number of hydrogen-bond donors (Lipinski definition) is 1. The second kappa shape index (κ2) is 9.52. The minimum absolute atomic E-state index is 0.0498. The van der Waals surface area contributed by atoms with Gasteiger partial charge in [0.05, 0.1) is 12.5 Å². The molecule has 1 aliphatic rings. The molecule has 5 nitrogen and oxygen atoms in total. The molecule has 0 bridgehead atoms. The van der Waals surface area contributed by atoms with Gasteiger partial charge >= 0.3 is 0 Å². The van der Waals surface area contributed by atoms with Gasteiger partial charge in [-0.1, -0.05) is 54.6 Å². The number of amides is 2. The first-order chi connectivity index (χ1) is 14.0. The van der Waals surface area contributed by atoms with E-state index >= 15 is 0 Å². The Kier molecular flexibility index (Phi) is 6.83. The molecule has 2 aromatic rings. The van der Waals surface area contributed by atoms with E-state index in [0.29, 0.717) is 6.54 Å². The van der Waals surface area contributed by atoms with Gasteiger partial charge in [-0.25, -0.2) is 0 Å². The molecular weight excluding hydrogens is 362 g/mol. The zero-order valence-electron chi connectivity index (χ0n) is 17.3. The third-order valence-electron chi connectivity index (χ3n) is 5.43. The van der Waals surface area contributed by atoms with Crippen molar-refractivity contribution in [2.24, 2.45) is 0 Å². The topological polar surface area (TPSA) is 52.7 Å². The summed E-state index contributed by atoms with van der Waals surface area (Å²) < 4.78 is 0. The van der Waals surface area contributed by atoms with Crippen molar-refractivity contribution in [3.8, 4) is 0 Å². The molecule has 2 unspecified atom stereocenters. The van der Waals surface area contributed by atoms with E-state index < -0.39 is 0 Å². The van der Waals surface area contributed by atoms with Crippen LogP contribution in [0.5, 0.6) is 0 Å². The Morgan fingerprint density at radius 1 is 1.07 bits per heavy atom. The van der Waals surface area contributed by atoms with Crippen molar-refractivity contribution in [2.75, 3.05) is 20.6 Å². The molecule has 2 atom stereocenters. The molecule has 2 amide bonds. The van der Waals surface area contributed by atoms with Crippen molar-refractivity contribution in [3.05, 3.63) is 77.5 Å². The Morgan fingerprint density at radius 2 is 1.76 bits per heavy atom. The molecule has 1 N–H and O–H groups in total. The van der Waals surface area contributed by atoms with Crippen LogP contribution in [0.2, 0.25) is 0 Å². The summed E-state index contributed by atoms with van der Waals surface area (Å²) in [5.74, 6) is -0.116. The van der Waals surface area contributed by atoms with E-state index in [-0.39, 0.29) is 30.3 Å². The highest BCUT2D eigenvalue weighted by Gasteiger charge is 2.28. The maximum atomic E-state index is 12.8. The number of hydrogen-bond acceptors (Lipinski definition) is 3. The fourth-order valence-electron chi connectivity index (χ4n) is 3.72. The molecule has 29 heavy (non-hydrogen) atoms. The van der Waals surface area contributed by atoms with Crippen molar-refractivity contribution >= 4 is 17.9 Å². The van der Waals surface area contributed by atoms with E-state index in [0.717, 1.165) is 17.5 Å². The lowest BCUT2D eigenvalue weighted by atomic mass is 9.93. The SMILES string of the molecule is CC(=O)N1C=Cc2ccccc2C1CC(=O)NCC(Cc1ccccc1)N(C)C. The lowest BCUT2D eigenvalue weighted by molar-refractivity contribution is -0.130. The Labute approximate surface area is 173 Å². The van der Waals surface area contributed by atoms with E-state index in [1.54, 1.807) is 11.1 Å². The van der Waals surface area contributed by atoms with Crippen molar-refractivity contribution < 1.29 is 9.59 Å². The molecule has 3 rings (SSSR count). The molecule has 152 valence electrons. The van der Waals surface area contributed by atoms with Gasteiger partial charge in [-0.05, 0) is 43.3 Å². The Hall–Kier alpha value is -2.92. The molecule has 0 aliphatic carbocycles. The minimum atomic E-state index is -0.277. The maximum Gasteiger partial charge on any atom is 0.223 e. The average Bonchev–Trinajstić information content (AvgIpc) is 2.71. The van der Waals surface area contributed by atoms with Crippen LogP contribution < -0.4 is 5.32 Å². The van der Waals surface area contributed by atoms with Gasteiger partial charge in [-0.15, -0.1) is 0 Å². The molecule has 0 aromatic heterocycles. The number of rotatable bonds is 7. The van der Waals surface area contributed by atoms with Gasteiger partial charge in [0, 0.05) is 25.7 Å². The largest absolute Gasteiger partial charge is 0.354 e. The molecule has 0 saturated carbocycles. The Bertz CT molecular complexity index is 877. The van der Waals surface area contributed by atoms with Crippen molar-refractivity contribution in [2.45, 2.75) is 31.8 Å². The Balaban J connectivity index is 1.65. The number of benzene rings is 2. The second-order valence-electron chi connectivity index (χ2n) is 7.70. The standard InChI is InChI=1S/C24H29N3O2/c1-18(28)27-14-13-20-11-7-8-12-22(20)23(27)16-24(29)25-17-21(26(2)3)15-19-9-5-4-6-10-19/h4-14,21,23H,15-17H2,1-3H3,(H,25,29). The minimum Gasteiger partial charge on any atom is -0.354 e. The summed E-state index contributed by atoms with van der Waals surface area (Å²) >= 11 is 0. The maximum absolute atomic E-state index is 12.8. The van der Waals surface area contributed by atoms with Crippen LogP contribution in [0.4, 0.5) is 0 Å². The number of nitrogens with zero attached hydrogens (tertiary/aromatic N) is 2. The van der Waals surface area contributed by atoms with E-state index in [1.165, 1.54) is 12.5 Å². The number of nitrogens with one attached hydrogen (secondary N) is 1. The van der Waals surface area contributed by atoms with E-state index in [2.05, 4.69) is 22.3 Å². The van der Waals surface area contributed by atoms with Crippen LogP contribution in [0, 0.1) is 0 Å². The van der Waals surface area contributed by atoms with Gasteiger partial charge < -0.3 is 15.1 Å². The fraction of sp³-hybridized carbons (Fsp3) is 0.333. The average molecular weight is 392 g/mol. The van der Waals surface area contributed by atoms with E-state index in [1.807, 2.05) is 62.6 Å². The number of fused-ring (bicyclic) bond motifs is 1. The van der Waals surface area contributed by atoms with Gasteiger partial charge in [0.25, 0.3) is 0 Å². The summed E-state index contributed by atoms with van der Waals surface area (Å²) in [6.07, 6.45) is 4.81. The molecule has 2 aromatic carbocycles. The lowest BCUT2D eigenvalue weighted by Crippen LogP contribution is -2.43. The van der Waals surface area contributed by atoms with Crippen LogP contribution in [0.3, 0.4) is 0 Å². The fourth-order valence-corrected chi connectivity index (χ4v) is 3.72. The Morgan fingerprint density at radius 3 is 2.45 bits per heavy atom. The van der Waals surface area contributed by atoms with Crippen molar-refractivity contribution in [3.63, 3.8) is 0 Å². The first kappa shape index (κ1) is 20.8. The number of likely N-dealkylation sites (N-methyl/N-ethyl adjacent to an activating group) is 1. The summed E-state index contributed by atoms with van der Waals surface area (Å²) in [6, 6.07) is 18.1. The molecular formula is C24H29N3O2. The molecule has 0 radical (unpaired) electrons. The summed E-state index contributed by atoms with van der Waals surface area (Å²) in [5, 5.41) is 3.08. The molecule has 0 saturated heterocycles. The normalized spacial score (nSPS) is 16.4. The summed E-state index contributed by atoms with van der Waals surface area (Å²) in [4.78, 5) is 28.7.